The number of rotatable bonds is 3. The van der Waals surface area contributed by atoms with Crippen molar-refractivity contribution in [2.45, 2.75) is 19.0 Å². The van der Waals surface area contributed by atoms with Gasteiger partial charge in [0.25, 0.3) is 11.5 Å². The number of nitrogens with zero attached hydrogens (tertiary/aromatic N) is 3. The molecule has 0 atom stereocenters. The number of thiophene rings is 1. The van der Waals surface area contributed by atoms with E-state index in [1.54, 1.807) is 19.1 Å². The number of aryl methyl sites for hydroxylation is 2. The van der Waals surface area contributed by atoms with E-state index in [-0.39, 0.29) is 17.3 Å². The van der Waals surface area contributed by atoms with E-state index in [1.165, 1.54) is 39.9 Å². The first-order valence-corrected chi connectivity index (χ1v) is 11.6. The van der Waals surface area contributed by atoms with Crippen molar-refractivity contribution < 1.29 is 9.18 Å². The molecule has 0 unspecified atom stereocenters. The minimum atomic E-state index is -0.329. The molecule has 0 bridgehead atoms. The molecule has 0 saturated heterocycles. The molecule has 1 N–H and O–H groups in total. The second-order valence-electron chi connectivity index (χ2n) is 7.36. The van der Waals surface area contributed by atoms with Gasteiger partial charge in [0.2, 0.25) is 0 Å². The van der Waals surface area contributed by atoms with Gasteiger partial charge in [-0.1, -0.05) is 42.1 Å². The summed E-state index contributed by atoms with van der Waals surface area (Å²) in [4.78, 5) is 31.8. The molecule has 0 fully saturated rings. The third kappa shape index (κ3) is 3.53. The number of carbonyl (C=O) groups is 1. The quantitative estimate of drug-likeness (QED) is 0.441. The van der Waals surface area contributed by atoms with Crippen molar-refractivity contribution in [3.8, 4) is 0 Å². The second kappa shape index (κ2) is 7.99. The van der Waals surface area contributed by atoms with Gasteiger partial charge in [-0.2, -0.15) is 9.78 Å². The zero-order valence-electron chi connectivity index (χ0n) is 17.2. The highest BCUT2D eigenvalue weighted by molar-refractivity contribution is 7.99. The fourth-order valence-electron chi connectivity index (χ4n) is 3.51. The molecule has 1 aliphatic rings. The third-order valence-electron chi connectivity index (χ3n) is 5.25. The van der Waals surface area contributed by atoms with Gasteiger partial charge in [0.1, 0.15) is 10.6 Å². The van der Waals surface area contributed by atoms with Gasteiger partial charge in [-0.3, -0.25) is 9.59 Å². The average Bonchev–Trinajstić information content (AvgIpc) is 3.12. The molecule has 2 aromatic heterocycles. The lowest BCUT2D eigenvalue weighted by atomic mass is 10.1. The van der Waals surface area contributed by atoms with E-state index < -0.39 is 0 Å². The Bertz CT molecular complexity index is 1470. The molecule has 5 rings (SSSR count). The van der Waals surface area contributed by atoms with Gasteiger partial charge < -0.3 is 5.32 Å². The summed E-state index contributed by atoms with van der Waals surface area (Å²) in [7, 11) is 0. The van der Waals surface area contributed by atoms with Gasteiger partial charge in [-0.05, 0) is 48.7 Å². The summed E-state index contributed by atoms with van der Waals surface area (Å²) in [5, 5.41) is 8.27. The van der Waals surface area contributed by atoms with E-state index >= 15 is 0 Å². The summed E-state index contributed by atoms with van der Waals surface area (Å²) < 4.78 is 14.5. The van der Waals surface area contributed by atoms with Crippen LogP contribution in [0.2, 0.25) is 0 Å². The molecule has 0 aliphatic carbocycles. The van der Waals surface area contributed by atoms with Crippen molar-refractivity contribution in [3.05, 3.63) is 86.3 Å². The molecule has 32 heavy (non-hydrogen) atoms. The second-order valence-corrected chi connectivity index (χ2v) is 9.30. The predicted molar refractivity (Wildman–Crippen MR) is 127 cm³/mol. The number of fused-ring (bicyclic) bond motifs is 2. The number of halogens is 1. The molecule has 3 heterocycles. The van der Waals surface area contributed by atoms with Crippen LogP contribution in [0, 0.1) is 19.7 Å². The average molecular weight is 465 g/mol. The molecule has 1 amide bonds. The van der Waals surface area contributed by atoms with Crippen LogP contribution < -0.4 is 10.9 Å². The number of amides is 1. The van der Waals surface area contributed by atoms with Crippen molar-refractivity contribution >= 4 is 50.6 Å². The number of benzene rings is 2. The van der Waals surface area contributed by atoms with E-state index in [0.29, 0.717) is 37.3 Å². The third-order valence-corrected chi connectivity index (χ3v) is 7.37. The monoisotopic (exact) mass is 464 g/mol. The Hall–Kier alpha value is -3.30. The maximum absolute atomic E-state index is 13.3. The molecular formula is C23H17FN4O2S2. The molecule has 6 nitrogen and oxygen atoms in total. The SMILES string of the molecule is Cc1ccccc1NC(=O)c1sc2nc3n(c(=O)c2c1C)N=C(c1ccc(F)cc1)CS3. The summed E-state index contributed by atoms with van der Waals surface area (Å²) in [5.74, 6) is -0.0938. The van der Waals surface area contributed by atoms with Gasteiger partial charge in [-0.25, -0.2) is 9.37 Å². The number of hydrogen-bond donors (Lipinski definition) is 1. The van der Waals surface area contributed by atoms with Crippen LogP contribution in [0.1, 0.15) is 26.4 Å². The van der Waals surface area contributed by atoms with E-state index in [0.717, 1.165) is 16.8 Å². The van der Waals surface area contributed by atoms with Gasteiger partial charge in [0, 0.05) is 11.4 Å². The largest absolute Gasteiger partial charge is 0.321 e. The van der Waals surface area contributed by atoms with Crippen LogP contribution in [0.25, 0.3) is 10.2 Å². The standard InChI is InChI=1S/C23H17FN4O2S2/c1-12-5-3-4-6-16(12)25-20(29)19-13(2)18-21(32-19)26-23-28(22(18)30)27-17(11-31-23)14-7-9-15(24)10-8-14/h3-10H,11H2,1-2H3,(H,25,29). The van der Waals surface area contributed by atoms with Gasteiger partial charge >= 0.3 is 0 Å². The highest BCUT2D eigenvalue weighted by Crippen LogP contribution is 2.31. The Balaban J connectivity index is 1.57. The first-order chi connectivity index (χ1) is 15.4. The Morgan fingerprint density at radius 1 is 1.12 bits per heavy atom. The smallest absolute Gasteiger partial charge is 0.283 e. The normalized spacial score (nSPS) is 13.0. The first-order valence-electron chi connectivity index (χ1n) is 9.82. The topological polar surface area (TPSA) is 76.3 Å². The Morgan fingerprint density at radius 2 is 1.88 bits per heavy atom. The van der Waals surface area contributed by atoms with Crippen LogP contribution in [0.5, 0.6) is 0 Å². The lowest BCUT2D eigenvalue weighted by molar-refractivity contribution is 0.103. The van der Waals surface area contributed by atoms with Crippen molar-refractivity contribution in [1.82, 2.24) is 9.66 Å². The Morgan fingerprint density at radius 3 is 2.62 bits per heavy atom. The van der Waals surface area contributed by atoms with Gasteiger partial charge in [0.05, 0.1) is 16.0 Å². The maximum Gasteiger partial charge on any atom is 0.283 e. The first kappa shape index (κ1) is 20.6. The summed E-state index contributed by atoms with van der Waals surface area (Å²) in [6, 6.07) is 13.5. The molecule has 0 radical (unpaired) electrons. The fourth-order valence-corrected chi connectivity index (χ4v) is 5.53. The highest BCUT2D eigenvalue weighted by atomic mass is 32.2. The minimum absolute atomic E-state index is 0.273. The molecule has 0 saturated carbocycles. The van der Waals surface area contributed by atoms with Crippen molar-refractivity contribution in [1.29, 1.82) is 0 Å². The molecule has 160 valence electrons. The zero-order valence-corrected chi connectivity index (χ0v) is 18.8. The number of aromatic nitrogens is 2. The van der Waals surface area contributed by atoms with Crippen molar-refractivity contribution in [2.75, 3.05) is 11.1 Å². The van der Waals surface area contributed by atoms with Crippen LogP contribution in [-0.4, -0.2) is 27.0 Å². The molecular weight excluding hydrogens is 447 g/mol. The molecule has 2 aromatic carbocycles. The Kier molecular flexibility index (Phi) is 5.15. The van der Waals surface area contributed by atoms with E-state index in [9.17, 15) is 14.0 Å². The van der Waals surface area contributed by atoms with E-state index in [1.807, 2.05) is 31.2 Å². The highest BCUT2D eigenvalue weighted by Gasteiger charge is 2.24. The van der Waals surface area contributed by atoms with E-state index in [2.05, 4.69) is 15.4 Å². The predicted octanol–water partition coefficient (Wildman–Crippen LogP) is 4.82. The maximum atomic E-state index is 13.3. The summed E-state index contributed by atoms with van der Waals surface area (Å²) in [6.07, 6.45) is 0. The number of thioether (sulfide) groups is 1. The number of hydrogen-bond acceptors (Lipinski definition) is 6. The van der Waals surface area contributed by atoms with Crippen LogP contribution in [0.15, 0.2) is 63.6 Å². The molecule has 4 aromatic rings. The van der Waals surface area contributed by atoms with Crippen molar-refractivity contribution in [2.24, 2.45) is 5.10 Å². The van der Waals surface area contributed by atoms with Crippen LogP contribution >= 0.6 is 23.1 Å². The lowest BCUT2D eigenvalue weighted by Gasteiger charge is -2.15. The van der Waals surface area contributed by atoms with Crippen LogP contribution in [-0.2, 0) is 0 Å². The van der Waals surface area contributed by atoms with Crippen LogP contribution in [0.4, 0.5) is 10.1 Å². The number of nitrogens with one attached hydrogen (secondary N) is 1. The van der Waals surface area contributed by atoms with Gasteiger partial charge in [-0.15, -0.1) is 11.3 Å². The van der Waals surface area contributed by atoms with E-state index in [4.69, 9.17) is 0 Å². The molecule has 0 spiro atoms. The number of carbonyl (C=O) groups excluding carboxylic acids is 1. The van der Waals surface area contributed by atoms with Crippen molar-refractivity contribution in [3.63, 3.8) is 0 Å². The summed E-state index contributed by atoms with van der Waals surface area (Å²) >= 11 is 2.59. The summed E-state index contributed by atoms with van der Waals surface area (Å²) in [6.45, 7) is 3.67. The molecule has 9 heteroatoms. The fraction of sp³-hybridized carbons (Fsp3) is 0.130. The summed E-state index contributed by atoms with van der Waals surface area (Å²) in [5.41, 5.74) is 3.35. The Labute approximate surface area is 190 Å². The number of anilines is 1. The lowest BCUT2D eigenvalue weighted by Crippen LogP contribution is -2.25. The minimum Gasteiger partial charge on any atom is -0.321 e. The zero-order chi connectivity index (χ0) is 22.4. The van der Waals surface area contributed by atoms with Crippen LogP contribution in [0.3, 0.4) is 0 Å². The number of para-hydroxylation sites is 1. The molecule has 1 aliphatic heterocycles. The van der Waals surface area contributed by atoms with Gasteiger partial charge in [0.15, 0.2) is 5.16 Å².